The van der Waals surface area contributed by atoms with Crippen LogP contribution in [0, 0.1) is 5.82 Å². The number of benzene rings is 2. The summed E-state index contributed by atoms with van der Waals surface area (Å²) in [4.78, 5) is 0. The zero-order chi connectivity index (χ0) is 14.8. The van der Waals surface area contributed by atoms with Crippen molar-refractivity contribution in [1.82, 2.24) is 4.57 Å². The molecule has 0 saturated carbocycles. The van der Waals surface area contributed by atoms with E-state index in [4.69, 9.17) is 16.3 Å². The summed E-state index contributed by atoms with van der Waals surface area (Å²) in [5, 5.41) is 1.82. The first-order chi connectivity index (χ1) is 10.2. The maximum absolute atomic E-state index is 12.9. The van der Waals surface area contributed by atoms with Crippen molar-refractivity contribution in [3.05, 3.63) is 65.1 Å². The average molecular weight is 304 g/mol. The zero-order valence-electron chi connectivity index (χ0n) is 11.6. The van der Waals surface area contributed by atoms with E-state index in [0.717, 1.165) is 28.2 Å². The van der Waals surface area contributed by atoms with E-state index in [9.17, 15) is 4.39 Å². The van der Waals surface area contributed by atoms with Gasteiger partial charge in [-0.3, -0.25) is 0 Å². The van der Waals surface area contributed by atoms with Crippen molar-refractivity contribution in [2.45, 2.75) is 20.1 Å². The SMILES string of the molecule is CCn1c(COc2ccc(F)cc2)cc2cc(Cl)ccc21. The van der Waals surface area contributed by atoms with Gasteiger partial charge >= 0.3 is 0 Å². The van der Waals surface area contributed by atoms with Crippen molar-refractivity contribution in [1.29, 1.82) is 0 Å². The predicted octanol–water partition coefficient (Wildman–Crippen LogP) is 5.03. The normalized spacial score (nSPS) is 11.0. The van der Waals surface area contributed by atoms with Gasteiger partial charge in [0.1, 0.15) is 18.2 Å². The highest BCUT2D eigenvalue weighted by atomic mass is 35.5. The molecule has 1 aromatic heterocycles. The van der Waals surface area contributed by atoms with E-state index in [1.165, 1.54) is 12.1 Å². The summed E-state index contributed by atoms with van der Waals surface area (Å²) in [6, 6.07) is 14.0. The van der Waals surface area contributed by atoms with E-state index in [2.05, 4.69) is 17.6 Å². The molecule has 0 unspecified atom stereocenters. The summed E-state index contributed by atoms with van der Waals surface area (Å²) in [5.41, 5.74) is 2.21. The molecule has 2 nitrogen and oxygen atoms in total. The van der Waals surface area contributed by atoms with Crippen molar-refractivity contribution in [2.24, 2.45) is 0 Å². The third kappa shape index (κ3) is 2.88. The van der Waals surface area contributed by atoms with Gasteiger partial charge in [-0.25, -0.2) is 4.39 Å². The molecule has 0 N–H and O–H groups in total. The minimum atomic E-state index is -0.264. The van der Waals surface area contributed by atoms with E-state index < -0.39 is 0 Å². The maximum atomic E-state index is 12.9. The minimum Gasteiger partial charge on any atom is -0.487 e. The molecule has 0 spiro atoms. The largest absolute Gasteiger partial charge is 0.487 e. The van der Waals surface area contributed by atoms with Crippen LogP contribution < -0.4 is 4.74 Å². The van der Waals surface area contributed by atoms with E-state index in [1.807, 2.05) is 18.2 Å². The quantitative estimate of drug-likeness (QED) is 0.659. The third-order valence-corrected chi connectivity index (χ3v) is 3.70. The number of fused-ring (bicyclic) bond motifs is 1. The van der Waals surface area contributed by atoms with Crippen molar-refractivity contribution in [3.63, 3.8) is 0 Å². The second-order valence-electron chi connectivity index (χ2n) is 4.83. The van der Waals surface area contributed by atoms with Crippen LogP contribution in [0.3, 0.4) is 0 Å². The Morgan fingerprint density at radius 3 is 2.57 bits per heavy atom. The molecule has 4 heteroatoms. The first-order valence-corrected chi connectivity index (χ1v) is 7.21. The fourth-order valence-electron chi connectivity index (χ4n) is 2.48. The third-order valence-electron chi connectivity index (χ3n) is 3.47. The monoisotopic (exact) mass is 303 g/mol. The molecule has 3 aromatic rings. The standard InChI is InChI=1S/C17H15ClFNO/c1-2-20-15(10-12-9-13(18)3-8-17(12)20)11-21-16-6-4-14(19)5-7-16/h3-10H,2,11H2,1H3. The van der Waals surface area contributed by atoms with Crippen LogP contribution >= 0.6 is 11.6 Å². The highest BCUT2D eigenvalue weighted by molar-refractivity contribution is 6.31. The zero-order valence-corrected chi connectivity index (χ0v) is 12.4. The van der Waals surface area contributed by atoms with Crippen LogP contribution in [0.4, 0.5) is 4.39 Å². The average Bonchev–Trinajstić information content (AvgIpc) is 2.83. The van der Waals surface area contributed by atoms with E-state index in [-0.39, 0.29) is 5.82 Å². The minimum absolute atomic E-state index is 0.264. The highest BCUT2D eigenvalue weighted by Crippen LogP contribution is 2.24. The number of hydrogen-bond acceptors (Lipinski definition) is 1. The lowest BCUT2D eigenvalue weighted by Gasteiger charge is -2.09. The summed E-state index contributed by atoms with van der Waals surface area (Å²) >= 11 is 6.04. The lowest BCUT2D eigenvalue weighted by atomic mass is 10.2. The smallest absolute Gasteiger partial charge is 0.128 e. The van der Waals surface area contributed by atoms with Crippen LogP contribution in [0.25, 0.3) is 10.9 Å². The van der Waals surface area contributed by atoms with Crippen molar-refractivity contribution < 1.29 is 9.13 Å². The maximum Gasteiger partial charge on any atom is 0.128 e. The molecule has 0 atom stereocenters. The number of hydrogen-bond donors (Lipinski definition) is 0. The molecule has 0 radical (unpaired) electrons. The number of aromatic nitrogens is 1. The van der Waals surface area contributed by atoms with Gasteiger partial charge in [0.25, 0.3) is 0 Å². The Labute approximate surface area is 127 Å². The summed E-state index contributed by atoms with van der Waals surface area (Å²) in [7, 11) is 0. The number of halogens is 2. The van der Waals surface area contributed by atoms with Gasteiger partial charge in [-0.1, -0.05) is 11.6 Å². The molecule has 0 fully saturated rings. The summed E-state index contributed by atoms with van der Waals surface area (Å²) in [5.74, 6) is 0.391. The van der Waals surface area contributed by atoms with Crippen molar-refractivity contribution >= 4 is 22.5 Å². The van der Waals surface area contributed by atoms with Gasteiger partial charge < -0.3 is 9.30 Å². The molecule has 108 valence electrons. The molecule has 0 aliphatic rings. The van der Waals surface area contributed by atoms with Gasteiger partial charge in [0, 0.05) is 22.5 Å². The topological polar surface area (TPSA) is 14.2 Å². The molecule has 2 aromatic carbocycles. The molecule has 3 rings (SSSR count). The first-order valence-electron chi connectivity index (χ1n) is 6.83. The molecule has 0 bridgehead atoms. The second kappa shape index (κ2) is 5.78. The summed E-state index contributed by atoms with van der Waals surface area (Å²) in [6.45, 7) is 3.38. The lowest BCUT2D eigenvalue weighted by Crippen LogP contribution is -2.04. The van der Waals surface area contributed by atoms with Crippen molar-refractivity contribution in [3.8, 4) is 5.75 Å². The molecule has 0 aliphatic carbocycles. The lowest BCUT2D eigenvalue weighted by molar-refractivity contribution is 0.295. The van der Waals surface area contributed by atoms with Crippen LogP contribution in [-0.4, -0.2) is 4.57 Å². The van der Waals surface area contributed by atoms with Gasteiger partial charge in [-0.15, -0.1) is 0 Å². The van der Waals surface area contributed by atoms with E-state index >= 15 is 0 Å². The van der Waals surface area contributed by atoms with Gasteiger partial charge in [0.05, 0.1) is 5.69 Å². The molecule has 0 aliphatic heterocycles. The highest BCUT2D eigenvalue weighted by Gasteiger charge is 2.08. The number of ether oxygens (including phenoxy) is 1. The van der Waals surface area contributed by atoms with Crippen LogP contribution in [-0.2, 0) is 13.2 Å². The van der Waals surface area contributed by atoms with Crippen LogP contribution in [0.15, 0.2) is 48.5 Å². The Hall–Kier alpha value is -2.00. The predicted molar refractivity (Wildman–Crippen MR) is 83.4 cm³/mol. The first kappa shape index (κ1) is 14.0. The van der Waals surface area contributed by atoms with Gasteiger partial charge in [-0.05, 0) is 55.5 Å². The number of nitrogens with zero attached hydrogens (tertiary/aromatic N) is 1. The van der Waals surface area contributed by atoms with Crippen molar-refractivity contribution in [2.75, 3.05) is 0 Å². The van der Waals surface area contributed by atoms with Crippen LogP contribution in [0.2, 0.25) is 5.02 Å². The number of aryl methyl sites for hydroxylation is 1. The van der Waals surface area contributed by atoms with E-state index in [1.54, 1.807) is 12.1 Å². The fourth-order valence-corrected chi connectivity index (χ4v) is 2.66. The van der Waals surface area contributed by atoms with Crippen LogP contribution in [0.5, 0.6) is 5.75 Å². The summed E-state index contributed by atoms with van der Waals surface area (Å²) in [6.07, 6.45) is 0. The fraction of sp³-hybridized carbons (Fsp3) is 0.176. The molecular weight excluding hydrogens is 289 g/mol. The molecule has 21 heavy (non-hydrogen) atoms. The second-order valence-corrected chi connectivity index (χ2v) is 5.26. The van der Waals surface area contributed by atoms with Gasteiger partial charge in [0.15, 0.2) is 0 Å². The number of rotatable bonds is 4. The Kier molecular flexibility index (Phi) is 3.84. The Morgan fingerprint density at radius 2 is 1.86 bits per heavy atom. The van der Waals surface area contributed by atoms with E-state index in [0.29, 0.717) is 12.4 Å². The Bertz CT molecular complexity index is 764. The molecular formula is C17H15ClFNO. The Morgan fingerprint density at radius 1 is 1.10 bits per heavy atom. The Balaban J connectivity index is 1.87. The van der Waals surface area contributed by atoms with Gasteiger partial charge in [0.2, 0.25) is 0 Å². The molecule has 0 amide bonds. The van der Waals surface area contributed by atoms with Gasteiger partial charge in [-0.2, -0.15) is 0 Å². The molecule has 1 heterocycles. The van der Waals surface area contributed by atoms with Crippen LogP contribution in [0.1, 0.15) is 12.6 Å². The molecule has 0 saturated heterocycles. The summed E-state index contributed by atoms with van der Waals surface area (Å²) < 4.78 is 20.8.